The predicted molar refractivity (Wildman–Crippen MR) is 109 cm³/mol. The molecular weight excluding hydrogens is 393 g/mol. The SMILES string of the molecule is CC1CCN(C2COc3ccccc3C2Nc2ccnc3[nH]c(C(F)(F)F)cc23)C1. The molecule has 158 valence electrons. The highest BCUT2D eigenvalue weighted by Crippen LogP contribution is 2.40. The molecule has 0 amide bonds. The number of rotatable bonds is 3. The minimum Gasteiger partial charge on any atom is -0.491 e. The van der Waals surface area contributed by atoms with Gasteiger partial charge in [0.2, 0.25) is 0 Å². The number of nitrogens with zero attached hydrogens (tertiary/aromatic N) is 2. The molecule has 2 aliphatic rings. The summed E-state index contributed by atoms with van der Waals surface area (Å²) in [5.74, 6) is 1.43. The number of benzene rings is 1. The third kappa shape index (κ3) is 3.39. The van der Waals surface area contributed by atoms with Gasteiger partial charge in [-0.05, 0) is 37.1 Å². The molecule has 2 aromatic heterocycles. The third-order valence-corrected chi connectivity index (χ3v) is 6.12. The van der Waals surface area contributed by atoms with Gasteiger partial charge in [-0.1, -0.05) is 25.1 Å². The number of anilines is 1. The molecule has 0 aliphatic carbocycles. The minimum atomic E-state index is -4.45. The Bertz CT molecular complexity index is 1060. The molecule has 3 aromatic rings. The summed E-state index contributed by atoms with van der Waals surface area (Å²) in [4.78, 5) is 8.91. The number of hydrogen-bond acceptors (Lipinski definition) is 4. The van der Waals surface area contributed by atoms with Gasteiger partial charge in [-0.2, -0.15) is 13.2 Å². The van der Waals surface area contributed by atoms with Crippen molar-refractivity contribution in [1.82, 2.24) is 14.9 Å². The second-order valence-corrected chi connectivity index (χ2v) is 8.23. The van der Waals surface area contributed by atoms with Crippen LogP contribution in [-0.4, -0.2) is 40.6 Å². The lowest BCUT2D eigenvalue weighted by molar-refractivity contribution is -0.140. The molecule has 1 saturated heterocycles. The third-order valence-electron chi connectivity index (χ3n) is 6.12. The number of ether oxygens (including phenoxy) is 1. The number of para-hydroxylation sites is 1. The quantitative estimate of drug-likeness (QED) is 0.642. The van der Waals surface area contributed by atoms with Gasteiger partial charge in [0.1, 0.15) is 23.7 Å². The van der Waals surface area contributed by atoms with E-state index in [0.29, 0.717) is 23.6 Å². The summed E-state index contributed by atoms with van der Waals surface area (Å²) in [5.41, 5.74) is 1.08. The average Bonchev–Trinajstić information content (AvgIpc) is 3.35. The molecular formula is C22H23F3N4O. The van der Waals surface area contributed by atoms with Crippen molar-refractivity contribution in [1.29, 1.82) is 0 Å². The first-order valence-electron chi connectivity index (χ1n) is 10.2. The molecule has 4 heterocycles. The van der Waals surface area contributed by atoms with E-state index in [1.54, 1.807) is 6.07 Å². The van der Waals surface area contributed by atoms with Gasteiger partial charge in [0.05, 0.1) is 12.1 Å². The summed E-state index contributed by atoms with van der Waals surface area (Å²) in [6.07, 6.45) is -1.78. The fourth-order valence-electron chi connectivity index (χ4n) is 4.58. The first kappa shape index (κ1) is 19.2. The molecule has 1 aromatic carbocycles. The maximum absolute atomic E-state index is 13.2. The second kappa shape index (κ2) is 7.19. The average molecular weight is 416 g/mol. The number of fused-ring (bicyclic) bond motifs is 2. The normalized spacial score (nSPS) is 24.6. The van der Waals surface area contributed by atoms with Crippen LogP contribution in [-0.2, 0) is 6.18 Å². The lowest BCUT2D eigenvalue weighted by Gasteiger charge is -2.39. The molecule has 2 N–H and O–H groups in total. The maximum atomic E-state index is 13.2. The molecule has 5 nitrogen and oxygen atoms in total. The van der Waals surface area contributed by atoms with Crippen LogP contribution in [0.5, 0.6) is 5.75 Å². The molecule has 0 bridgehead atoms. The van der Waals surface area contributed by atoms with E-state index >= 15 is 0 Å². The summed E-state index contributed by atoms with van der Waals surface area (Å²) in [6, 6.07) is 10.7. The molecule has 5 rings (SSSR count). The number of alkyl halides is 3. The van der Waals surface area contributed by atoms with Crippen molar-refractivity contribution in [2.45, 2.75) is 31.6 Å². The monoisotopic (exact) mass is 416 g/mol. The van der Waals surface area contributed by atoms with Crippen LogP contribution in [0.25, 0.3) is 11.0 Å². The van der Waals surface area contributed by atoms with Gasteiger partial charge in [0, 0.05) is 29.4 Å². The zero-order chi connectivity index (χ0) is 20.9. The fourth-order valence-corrected chi connectivity index (χ4v) is 4.58. The van der Waals surface area contributed by atoms with E-state index in [1.807, 2.05) is 24.3 Å². The summed E-state index contributed by atoms with van der Waals surface area (Å²) in [6.45, 7) is 4.76. The van der Waals surface area contributed by atoms with Crippen LogP contribution >= 0.6 is 0 Å². The Kier molecular flexibility index (Phi) is 4.61. The predicted octanol–water partition coefficient (Wildman–Crippen LogP) is 4.84. The van der Waals surface area contributed by atoms with E-state index in [-0.39, 0.29) is 17.7 Å². The van der Waals surface area contributed by atoms with E-state index in [9.17, 15) is 13.2 Å². The van der Waals surface area contributed by atoms with Crippen molar-refractivity contribution in [2.75, 3.05) is 25.0 Å². The highest BCUT2D eigenvalue weighted by molar-refractivity contribution is 5.90. The van der Waals surface area contributed by atoms with Gasteiger partial charge in [0.25, 0.3) is 0 Å². The first-order chi connectivity index (χ1) is 14.4. The lowest BCUT2D eigenvalue weighted by atomic mass is 9.94. The van der Waals surface area contributed by atoms with Crippen LogP contribution in [0.1, 0.15) is 30.6 Å². The van der Waals surface area contributed by atoms with Gasteiger partial charge < -0.3 is 15.0 Å². The summed E-state index contributed by atoms with van der Waals surface area (Å²) in [7, 11) is 0. The number of H-pyrrole nitrogens is 1. The largest absolute Gasteiger partial charge is 0.491 e. The van der Waals surface area contributed by atoms with Crippen LogP contribution in [0.4, 0.5) is 18.9 Å². The van der Waals surface area contributed by atoms with Crippen LogP contribution in [0.2, 0.25) is 0 Å². The van der Waals surface area contributed by atoms with Crippen LogP contribution in [0.3, 0.4) is 0 Å². The number of hydrogen-bond donors (Lipinski definition) is 2. The summed E-state index contributed by atoms with van der Waals surface area (Å²) >= 11 is 0. The number of pyridine rings is 1. The van der Waals surface area contributed by atoms with Crippen LogP contribution in [0.15, 0.2) is 42.6 Å². The van der Waals surface area contributed by atoms with Crippen molar-refractivity contribution < 1.29 is 17.9 Å². The molecule has 3 atom stereocenters. The Morgan fingerprint density at radius 2 is 2.07 bits per heavy atom. The van der Waals surface area contributed by atoms with Gasteiger partial charge in [-0.15, -0.1) is 0 Å². The Morgan fingerprint density at radius 3 is 2.83 bits per heavy atom. The Morgan fingerprint density at radius 1 is 1.23 bits per heavy atom. The number of likely N-dealkylation sites (tertiary alicyclic amines) is 1. The smallest absolute Gasteiger partial charge is 0.431 e. The van der Waals surface area contributed by atoms with Crippen molar-refractivity contribution in [3.05, 3.63) is 53.9 Å². The number of nitrogens with one attached hydrogen (secondary N) is 2. The molecule has 0 saturated carbocycles. The van der Waals surface area contributed by atoms with Gasteiger partial charge in [0.15, 0.2) is 0 Å². The number of aromatic amines is 1. The molecule has 8 heteroatoms. The fraction of sp³-hybridized carbons (Fsp3) is 0.409. The van der Waals surface area contributed by atoms with Crippen molar-refractivity contribution in [2.24, 2.45) is 5.92 Å². The second-order valence-electron chi connectivity index (χ2n) is 8.23. The van der Waals surface area contributed by atoms with E-state index in [1.165, 1.54) is 6.20 Å². The zero-order valence-corrected chi connectivity index (χ0v) is 16.5. The molecule has 2 aliphatic heterocycles. The maximum Gasteiger partial charge on any atom is 0.431 e. The first-order valence-corrected chi connectivity index (χ1v) is 10.2. The molecule has 3 unspecified atom stereocenters. The summed E-state index contributed by atoms with van der Waals surface area (Å²) < 4.78 is 45.7. The lowest BCUT2D eigenvalue weighted by Crippen LogP contribution is -2.47. The Labute approximate surface area is 172 Å². The van der Waals surface area contributed by atoms with Crippen LogP contribution in [0, 0.1) is 5.92 Å². The van der Waals surface area contributed by atoms with Gasteiger partial charge in [-0.3, -0.25) is 4.90 Å². The van der Waals surface area contributed by atoms with Crippen LogP contribution < -0.4 is 10.1 Å². The molecule has 30 heavy (non-hydrogen) atoms. The number of aromatic nitrogens is 2. The molecule has 1 fully saturated rings. The minimum absolute atomic E-state index is 0.0918. The van der Waals surface area contributed by atoms with Gasteiger partial charge in [-0.25, -0.2) is 4.98 Å². The van der Waals surface area contributed by atoms with E-state index in [2.05, 4.69) is 27.1 Å². The van der Waals surface area contributed by atoms with Crippen molar-refractivity contribution >= 4 is 16.7 Å². The molecule has 0 radical (unpaired) electrons. The Hall–Kier alpha value is -2.74. The highest BCUT2D eigenvalue weighted by Gasteiger charge is 2.38. The van der Waals surface area contributed by atoms with E-state index < -0.39 is 11.9 Å². The van der Waals surface area contributed by atoms with E-state index in [4.69, 9.17) is 4.74 Å². The van der Waals surface area contributed by atoms with Crippen molar-refractivity contribution in [3.8, 4) is 5.75 Å². The van der Waals surface area contributed by atoms with E-state index in [0.717, 1.165) is 36.9 Å². The summed E-state index contributed by atoms with van der Waals surface area (Å²) in [5, 5.41) is 3.97. The zero-order valence-electron chi connectivity index (χ0n) is 16.5. The van der Waals surface area contributed by atoms with Crippen molar-refractivity contribution in [3.63, 3.8) is 0 Å². The highest BCUT2D eigenvalue weighted by atomic mass is 19.4. The topological polar surface area (TPSA) is 53.2 Å². The number of halogens is 3. The molecule has 0 spiro atoms. The van der Waals surface area contributed by atoms with Gasteiger partial charge >= 0.3 is 6.18 Å². The Balaban J connectivity index is 1.54. The standard InChI is InChI=1S/C22H23F3N4O/c1-13-7-9-29(11-13)17-12-30-18-5-3-2-4-14(18)20(17)27-16-6-8-26-21-15(16)10-19(28-21)22(23,24)25/h2-6,8,10,13,17,20H,7,9,11-12H2,1H3,(H2,26,27,28).